The fourth-order valence-corrected chi connectivity index (χ4v) is 1.44. The van der Waals surface area contributed by atoms with Gasteiger partial charge in [0.25, 0.3) is 0 Å². The van der Waals surface area contributed by atoms with Crippen molar-refractivity contribution in [2.75, 3.05) is 13.1 Å². The Hall–Kier alpha value is -1.89. The molecule has 2 rings (SSSR count). The first kappa shape index (κ1) is 10.6. The zero-order valence-electron chi connectivity index (χ0n) is 8.62. The molecule has 0 aromatic carbocycles. The number of rotatable bonds is 3. The van der Waals surface area contributed by atoms with Crippen LogP contribution in [0.15, 0.2) is 12.3 Å². The van der Waals surface area contributed by atoms with E-state index in [1.165, 1.54) is 0 Å². The number of H-pyrrole nitrogens is 1. The number of piperazine rings is 1. The van der Waals surface area contributed by atoms with Gasteiger partial charge in [-0.3, -0.25) is 20.0 Å². The lowest BCUT2D eigenvalue weighted by atomic mass is 10.2. The molecule has 0 spiro atoms. The van der Waals surface area contributed by atoms with Gasteiger partial charge in [0.1, 0.15) is 6.04 Å². The number of amides is 2. The van der Waals surface area contributed by atoms with Crippen molar-refractivity contribution in [1.82, 2.24) is 26.1 Å². The Balaban J connectivity index is 1.77. The lowest BCUT2D eigenvalue weighted by Crippen LogP contribution is -2.57. The van der Waals surface area contributed by atoms with E-state index in [-0.39, 0.29) is 24.4 Å². The molecule has 1 aromatic heterocycles. The molecule has 0 saturated carbocycles. The van der Waals surface area contributed by atoms with Crippen LogP contribution in [0.5, 0.6) is 0 Å². The van der Waals surface area contributed by atoms with Crippen LogP contribution < -0.4 is 16.0 Å². The maximum absolute atomic E-state index is 11.6. The number of aromatic nitrogens is 2. The maximum atomic E-state index is 11.6. The lowest BCUT2D eigenvalue weighted by molar-refractivity contribution is -0.126. The summed E-state index contributed by atoms with van der Waals surface area (Å²) in [5.41, 5.74) is 0.841. The van der Waals surface area contributed by atoms with Gasteiger partial charge in [0.2, 0.25) is 11.8 Å². The largest absolute Gasteiger partial charge is 0.353 e. The van der Waals surface area contributed by atoms with Gasteiger partial charge in [0.05, 0.1) is 18.8 Å². The van der Waals surface area contributed by atoms with Crippen LogP contribution in [0.3, 0.4) is 0 Å². The summed E-state index contributed by atoms with van der Waals surface area (Å²) in [4.78, 5) is 22.5. The molecule has 1 aliphatic heterocycles. The van der Waals surface area contributed by atoms with Crippen LogP contribution in [0.1, 0.15) is 5.69 Å². The third-order valence-corrected chi connectivity index (χ3v) is 2.34. The van der Waals surface area contributed by atoms with E-state index in [4.69, 9.17) is 0 Å². The molecule has 0 radical (unpaired) electrons. The minimum absolute atomic E-state index is 0.0855. The summed E-state index contributed by atoms with van der Waals surface area (Å²) in [6.45, 7) is 0.917. The maximum Gasteiger partial charge on any atom is 0.239 e. The molecule has 7 heteroatoms. The highest BCUT2D eigenvalue weighted by Gasteiger charge is 2.23. The first-order valence-corrected chi connectivity index (χ1v) is 5.02. The smallest absolute Gasteiger partial charge is 0.239 e. The summed E-state index contributed by atoms with van der Waals surface area (Å²) >= 11 is 0. The standard InChI is InChI=1S/C9H13N5O2/c15-8-5-10-7(4-11-8)9(16)12-3-6-1-2-13-14-6/h1-2,7,10H,3-5H2,(H,11,15)(H,12,16)(H,13,14). The van der Waals surface area contributed by atoms with Gasteiger partial charge >= 0.3 is 0 Å². The Morgan fingerprint density at radius 3 is 3.12 bits per heavy atom. The van der Waals surface area contributed by atoms with Crippen molar-refractivity contribution >= 4 is 11.8 Å². The SMILES string of the molecule is O=C1CNC(C(=O)NCc2ccn[nH]2)CN1. The van der Waals surface area contributed by atoms with E-state index in [0.717, 1.165) is 5.69 Å². The molecule has 0 bridgehead atoms. The number of nitrogens with one attached hydrogen (secondary N) is 4. The zero-order valence-corrected chi connectivity index (χ0v) is 8.62. The minimum Gasteiger partial charge on any atom is -0.353 e. The van der Waals surface area contributed by atoms with E-state index >= 15 is 0 Å². The van der Waals surface area contributed by atoms with E-state index in [1.54, 1.807) is 12.3 Å². The van der Waals surface area contributed by atoms with Gasteiger partial charge in [-0.15, -0.1) is 0 Å². The van der Waals surface area contributed by atoms with Crippen molar-refractivity contribution in [3.63, 3.8) is 0 Å². The Morgan fingerprint density at radius 1 is 1.62 bits per heavy atom. The molecule has 1 saturated heterocycles. The summed E-state index contributed by atoms with van der Waals surface area (Å²) in [5.74, 6) is -0.216. The second-order valence-corrected chi connectivity index (χ2v) is 3.54. The Bertz CT molecular complexity index is 365. The number of carbonyl (C=O) groups is 2. The zero-order chi connectivity index (χ0) is 11.4. The van der Waals surface area contributed by atoms with Crippen molar-refractivity contribution in [1.29, 1.82) is 0 Å². The van der Waals surface area contributed by atoms with E-state index < -0.39 is 0 Å². The van der Waals surface area contributed by atoms with Crippen molar-refractivity contribution < 1.29 is 9.59 Å². The van der Waals surface area contributed by atoms with Crippen LogP contribution in [0.25, 0.3) is 0 Å². The molecular formula is C9H13N5O2. The average Bonchev–Trinajstić information content (AvgIpc) is 2.80. The predicted octanol–water partition coefficient (Wildman–Crippen LogP) is -1.89. The molecule has 16 heavy (non-hydrogen) atoms. The Labute approximate surface area is 92.0 Å². The Morgan fingerprint density at radius 2 is 2.50 bits per heavy atom. The van der Waals surface area contributed by atoms with Gasteiger partial charge in [-0.2, -0.15) is 5.10 Å². The number of hydrogen-bond acceptors (Lipinski definition) is 4. The lowest BCUT2D eigenvalue weighted by Gasteiger charge is -2.22. The first-order chi connectivity index (χ1) is 7.75. The van der Waals surface area contributed by atoms with E-state index in [9.17, 15) is 9.59 Å². The van der Waals surface area contributed by atoms with Crippen LogP contribution in [0.4, 0.5) is 0 Å². The van der Waals surface area contributed by atoms with Gasteiger partial charge in [0, 0.05) is 12.7 Å². The van der Waals surface area contributed by atoms with Crippen molar-refractivity contribution in [3.8, 4) is 0 Å². The minimum atomic E-state index is -0.361. The number of nitrogens with zero attached hydrogens (tertiary/aromatic N) is 1. The fourth-order valence-electron chi connectivity index (χ4n) is 1.44. The van der Waals surface area contributed by atoms with E-state index in [1.807, 2.05) is 0 Å². The average molecular weight is 223 g/mol. The molecule has 2 amide bonds. The summed E-state index contributed by atoms with van der Waals surface area (Å²) in [6.07, 6.45) is 1.63. The number of hydrogen-bond donors (Lipinski definition) is 4. The third kappa shape index (κ3) is 2.57. The molecule has 1 unspecified atom stereocenters. The van der Waals surface area contributed by atoms with Crippen molar-refractivity contribution in [2.24, 2.45) is 0 Å². The van der Waals surface area contributed by atoms with Gasteiger partial charge in [0.15, 0.2) is 0 Å². The summed E-state index contributed by atoms with van der Waals surface area (Å²) in [7, 11) is 0. The molecule has 1 fully saturated rings. The topological polar surface area (TPSA) is 98.9 Å². The summed E-state index contributed by atoms with van der Waals surface area (Å²) in [6, 6.07) is 1.43. The van der Waals surface area contributed by atoms with Crippen LogP contribution in [0.2, 0.25) is 0 Å². The van der Waals surface area contributed by atoms with Crippen LogP contribution in [-0.2, 0) is 16.1 Å². The molecule has 4 N–H and O–H groups in total. The summed E-state index contributed by atoms with van der Waals surface area (Å²) < 4.78 is 0. The number of carbonyl (C=O) groups excluding carboxylic acids is 2. The molecule has 2 heterocycles. The third-order valence-electron chi connectivity index (χ3n) is 2.34. The van der Waals surface area contributed by atoms with E-state index in [2.05, 4.69) is 26.1 Å². The van der Waals surface area contributed by atoms with Crippen LogP contribution in [-0.4, -0.2) is 41.1 Å². The number of aromatic amines is 1. The summed E-state index contributed by atoms with van der Waals surface area (Å²) in [5, 5.41) is 14.7. The molecule has 86 valence electrons. The monoisotopic (exact) mass is 223 g/mol. The highest BCUT2D eigenvalue weighted by Crippen LogP contribution is 1.92. The molecule has 1 aromatic rings. The van der Waals surface area contributed by atoms with Gasteiger partial charge in [-0.1, -0.05) is 0 Å². The van der Waals surface area contributed by atoms with Gasteiger partial charge < -0.3 is 10.6 Å². The quantitative estimate of drug-likeness (QED) is 0.481. The van der Waals surface area contributed by atoms with Crippen LogP contribution in [0, 0.1) is 0 Å². The predicted molar refractivity (Wildman–Crippen MR) is 55.2 cm³/mol. The van der Waals surface area contributed by atoms with Gasteiger partial charge in [-0.25, -0.2) is 0 Å². The highest BCUT2D eigenvalue weighted by atomic mass is 16.2. The highest BCUT2D eigenvalue weighted by molar-refractivity contribution is 5.86. The van der Waals surface area contributed by atoms with Crippen molar-refractivity contribution in [3.05, 3.63) is 18.0 Å². The molecule has 1 aliphatic rings. The first-order valence-electron chi connectivity index (χ1n) is 5.02. The molecule has 1 atom stereocenters. The van der Waals surface area contributed by atoms with Gasteiger partial charge in [-0.05, 0) is 6.07 Å². The van der Waals surface area contributed by atoms with Crippen molar-refractivity contribution in [2.45, 2.75) is 12.6 Å². The molecule has 7 nitrogen and oxygen atoms in total. The second-order valence-electron chi connectivity index (χ2n) is 3.54. The van der Waals surface area contributed by atoms with Crippen LogP contribution >= 0.6 is 0 Å². The Kier molecular flexibility index (Phi) is 3.16. The molecule has 0 aliphatic carbocycles. The normalized spacial score (nSPS) is 20.2. The fraction of sp³-hybridized carbons (Fsp3) is 0.444. The molecular weight excluding hydrogens is 210 g/mol. The van der Waals surface area contributed by atoms with E-state index in [0.29, 0.717) is 13.1 Å². The second kappa shape index (κ2) is 4.75.